The van der Waals surface area contributed by atoms with E-state index in [4.69, 9.17) is 6.58 Å². The first-order valence-corrected chi connectivity index (χ1v) is 17.3. The number of nitrogens with zero attached hydrogens (tertiary/aromatic N) is 1. The minimum absolute atomic E-state index is 0.481. The fraction of sp³-hybridized carbons (Fsp3) is 0.0612. The van der Waals surface area contributed by atoms with Crippen LogP contribution in [0.4, 0.5) is 5.69 Å². The number of benzene rings is 5. The van der Waals surface area contributed by atoms with Crippen molar-refractivity contribution in [3.05, 3.63) is 246 Å². The van der Waals surface area contributed by atoms with Crippen molar-refractivity contribution in [3.8, 4) is 11.1 Å². The van der Waals surface area contributed by atoms with Crippen LogP contribution in [-0.4, -0.2) is 0 Å². The van der Waals surface area contributed by atoms with Crippen molar-refractivity contribution in [1.29, 1.82) is 0 Å². The predicted molar refractivity (Wildman–Crippen MR) is 213 cm³/mol. The zero-order chi connectivity index (χ0) is 33.9. The number of hydrogen-bond donors (Lipinski definition) is 0. The number of hydrogen-bond acceptors (Lipinski definition) is 1. The van der Waals surface area contributed by atoms with Crippen LogP contribution in [0.25, 0.3) is 22.3 Å². The highest BCUT2D eigenvalue weighted by atomic mass is 15.1. The van der Waals surface area contributed by atoms with Crippen LogP contribution in [0.3, 0.4) is 0 Å². The van der Waals surface area contributed by atoms with Crippen LogP contribution < -0.4 is 4.90 Å². The first-order valence-electron chi connectivity index (χ1n) is 17.3. The largest absolute Gasteiger partial charge is 0.316 e. The molecule has 0 saturated carbocycles. The molecule has 0 spiro atoms. The van der Waals surface area contributed by atoms with Crippen molar-refractivity contribution in [2.75, 3.05) is 4.90 Å². The summed E-state index contributed by atoms with van der Waals surface area (Å²) in [6.45, 7) is 8.64. The Morgan fingerprint density at radius 3 is 2.18 bits per heavy atom. The number of allylic oxidation sites excluding steroid dienone is 12. The van der Waals surface area contributed by atoms with E-state index < -0.39 is 5.41 Å². The van der Waals surface area contributed by atoms with E-state index in [1.807, 2.05) is 12.2 Å². The lowest BCUT2D eigenvalue weighted by Crippen LogP contribution is -2.24. The smallest absolute Gasteiger partial charge is 0.0647 e. The minimum atomic E-state index is -0.481. The second kappa shape index (κ2) is 13.4. The Morgan fingerprint density at radius 1 is 0.680 bits per heavy atom. The fourth-order valence-electron chi connectivity index (χ4n) is 7.80. The molecule has 1 unspecified atom stereocenters. The van der Waals surface area contributed by atoms with Gasteiger partial charge in [-0.15, -0.1) is 0 Å². The molecule has 1 atom stereocenters. The Balaban J connectivity index is 1.36. The summed E-state index contributed by atoms with van der Waals surface area (Å²) < 4.78 is 0. The average molecular weight is 642 g/mol. The van der Waals surface area contributed by atoms with Crippen molar-refractivity contribution in [3.63, 3.8) is 0 Å². The van der Waals surface area contributed by atoms with Gasteiger partial charge in [0.2, 0.25) is 0 Å². The molecule has 0 bridgehead atoms. The summed E-state index contributed by atoms with van der Waals surface area (Å²) in [6, 6.07) is 45.9. The maximum absolute atomic E-state index is 4.76. The maximum Gasteiger partial charge on any atom is 0.0647 e. The second-order valence-electron chi connectivity index (χ2n) is 13.1. The van der Waals surface area contributed by atoms with Gasteiger partial charge in [0.15, 0.2) is 0 Å². The molecule has 240 valence electrons. The summed E-state index contributed by atoms with van der Waals surface area (Å²) in [7, 11) is 0. The van der Waals surface area contributed by atoms with Gasteiger partial charge < -0.3 is 4.90 Å². The molecular weight excluding hydrogens is 603 g/mol. The third-order valence-electron chi connectivity index (χ3n) is 10.1. The van der Waals surface area contributed by atoms with Gasteiger partial charge in [-0.25, -0.2) is 0 Å². The van der Waals surface area contributed by atoms with Gasteiger partial charge in [-0.2, -0.15) is 0 Å². The topological polar surface area (TPSA) is 3.24 Å². The molecular formula is C49H39N. The Hall–Kier alpha value is -6.18. The third-order valence-corrected chi connectivity index (χ3v) is 10.1. The molecule has 50 heavy (non-hydrogen) atoms. The Labute approximate surface area is 296 Å². The number of fused-ring (bicyclic) bond motifs is 5. The predicted octanol–water partition coefficient (Wildman–Crippen LogP) is 12.2. The lowest BCUT2D eigenvalue weighted by molar-refractivity contribution is 0.804. The molecule has 5 aromatic carbocycles. The van der Waals surface area contributed by atoms with Crippen LogP contribution in [0.1, 0.15) is 39.8 Å². The van der Waals surface area contributed by atoms with Crippen LogP contribution in [0, 0.1) is 0 Å². The monoisotopic (exact) mass is 641 g/mol. The first-order chi connectivity index (χ1) is 24.7. The number of rotatable bonds is 8. The molecule has 1 nitrogen and oxygen atoms in total. The van der Waals surface area contributed by atoms with E-state index in [-0.39, 0.29) is 0 Å². The summed E-state index contributed by atoms with van der Waals surface area (Å²) in [5, 5.41) is 0. The van der Waals surface area contributed by atoms with E-state index in [0.29, 0.717) is 0 Å². The molecule has 0 N–H and O–H groups in total. The van der Waals surface area contributed by atoms with Gasteiger partial charge in [0.25, 0.3) is 0 Å². The lowest BCUT2D eigenvalue weighted by Gasteiger charge is -2.32. The van der Waals surface area contributed by atoms with Gasteiger partial charge in [-0.05, 0) is 75.1 Å². The molecule has 1 aliphatic heterocycles. The highest BCUT2D eigenvalue weighted by molar-refractivity contribution is 6.01. The van der Waals surface area contributed by atoms with Crippen molar-refractivity contribution >= 4 is 16.8 Å². The molecule has 1 heterocycles. The zero-order valence-electron chi connectivity index (χ0n) is 28.2. The van der Waals surface area contributed by atoms with Gasteiger partial charge >= 0.3 is 0 Å². The van der Waals surface area contributed by atoms with E-state index in [2.05, 4.69) is 188 Å². The van der Waals surface area contributed by atoms with Crippen molar-refractivity contribution in [1.82, 2.24) is 0 Å². The normalized spacial score (nSPS) is 19.6. The van der Waals surface area contributed by atoms with Crippen molar-refractivity contribution in [2.45, 2.75) is 18.3 Å². The molecule has 0 fully saturated rings. The Kier molecular flexibility index (Phi) is 8.32. The Morgan fingerprint density at radius 2 is 1.40 bits per heavy atom. The van der Waals surface area contributed by atoms with Crippen LogP contribution in [0.5, 0.6) is 0 Å². The molecule has 0 radical (unpaired) electrons. The van der Waals surface area contributed by atoms with E-state index in [9.17, 15) is 0 Å². The average Bonchev–Trinajstić information content (AvgIpc) is 3.74. The van der Waals surface area contributed by atoms with Crippen molar-refractivity contribution < 1.29 is 0 Å². The van der Waals surface area contributed by atoms with Crippen LogP contribution in [-0.2, 0) is 11.8 Å². The third kappa shape index (κ3) is 5.47. The van der Waals surface area contributed by atoms with E-state index >= 15 is 0 Å². The van der Waals surface area contributed by atoms with Gasteiger partial charge in [0.05, 0.1) is 11.1 Å². The van der Waals surface area contributed by atoms with Crippen LogP contribution in [0.2, 0.25) is 0 Å². The Bertz CT molecular complexity index is 2280. The molecule has 0 aromatic heterocycles. The zero-order valence-corrected chi connectivity index (χ0v) is 28.2. The molecule has 5 aromatic rings. The first kappa shape index (κ1) is 31.1. The summed E-state index contributed by atoms with van der Waals surface area (Å²) in [5.74, 6) is 0. The summed E-state index contributed by atoms with van der Waals surface area (Å²) in [6.07, 6.45) is 23.7. The van der Waals surface area contributed by atoms with Gasteiger partial charge in [-0.3, -0.25) is 0 Å². The standard InChI is InChI=1S/C49H39N/c1-3-4-5-17-32-49(41-22-13-8-14-23-41)44-25-16-15-24-43(44)48-45(49)30-31-46-47(48)36(2)26-28-40(39-20-11-7-12-21-39)35-50(46)42-29-27-38(34-42)33-37-18-9-6-10-19-37/h3-26,28-32,34-35H,1-2,27,33H2/b5-4-,28-26-,32-17?,40-35+. The minimum Gasteiger partial charge on any atom is -0.316 e. The molecule has 8 rings (SSSR count). The second-order valence-corrected chi connectivity index (χ2v) is 13.1. The quantitative estimate of drug-likeness (QED) is 0.152. The van der Waals surface area contributed by atoms with Crippen molar-refractivity contribution in [2.24, 2.45) is 0 Å². The fourth-order valence-corrected chi connectivity index (χ4v) is 7.80. The SMILES string of the molecule is C=C/C=C\C=CC1(c2ccccc2)c2ccccc2-c2c1ccc1c2C(=C)/C=C\C(c2ccccc2)=C/N1C1=CCC(Cc2ccccc2)=C1. The van der Waals surface area contributed by atoms with E-state index in [1.165, 1.54) is 50.2 Å². The summed E-state index contributed by atoms with van der Waals surface area (Å²) >= 11 is 0. The van der Waals surface area contributed by atoms with Gasteiger partial charge in [0.1, 0.15) is 0 Å². The molecule has 3 aliphatic rings. The maximum atomic E-state index is 4.76. The molecule has 0 amide bonds. The van der Waals surface area contributed by atoms with E-state index in [1.54, 1.807) is 0 Å². The summed E-state index contributed by atoms with van der Waals surface area (Å²) in [5.41, 5.74) is 15.3. The van der Waals surface area contributed by atoms with Gasteiger partial charge in [-0.1, -0.05) is 189 Å². The van der Waals surface area contributed by atoms with Gasteiger partial charge in [0, 0.05) is 17.5 Å². The molecule has 1 heteroatoms. The van der Waals surface area contributed by atoms with E-state index in [0.717, 1.165) is 35.2 Å². The summed E-state index contributed by atoms with van der Waals surface area (Å²) in [4.78, 5) is 2.40. The molecule has 0 saturated heterocycles. The lowest BCUT2D eigenvalue weighted by atomic mass is 9.72. The van der Waals surface area contributed by atoms with Crippen LogP contribution in [0.15, 0.2) is 213 Å². The highest BCUT2D eigenvalue weighted by Gasteiger charge is 2.44. The molecule has 2 aliphatic carbocycles. The highest BCUT2D eigenvalue weighted by Crippen LogP contribution is 2.57. The number of anilines is 1. The van der Waals surface area contributed by atoms with Crippen LogP contribution >= 0.6 is 0 Å².